The Hall–Kier alpha value is -4.02. The smallest absolute Gasteiger partial charge is 0.259 e. The largest absolute Gasteiger partial charge is 0.352 e. The van der Waals surface area contributed by atoms with Crippen molar-refractivity contribution in [3.8, 4) is 0 Å². The van der Waals surface area contributed by atoms with Crippen LogP contribution in [0.1, 0.15) is 29.5 Å². The molecule has 0 saturated heterocycles. The van der Waals surface area contributed by atoms with Crippen LogP contribution in [0.15, 0.2) is 82.8 Å². The number of amides is 3. The van der Waals surface area contributed by atoms with E-state index in [2.05, 4.69) is 20.6 Å². The number of carbonyl (C=O) groups is 3. The molecule has 3 aromatic carbocycles. The summed E-state index contributed by atoms with van der Waals surface area (Å²) in [4.78, 5) is 49.2. The first-order valence-electron chi connectivity index (χ1n) is 12.6. The number of nitrogens with one attached hydrogen (secondary N) is 2. The van der Waals surface area contributed by atoms with Crippen LogP contribution in [0.25, 0.3) is 0 Å². The van der Waals surface area contributed by atoms with Crippen LogP contribution in [-0.4, -0.2) is 45.4 Å². The average molecular weight is 578 g/mol. The molecule has 0 aliphatic carbocycles. The molecule has 0 spiro atoms. The van der Waals surface area contributed by atoms with E-state index in [-0.39, 0.29) is 55.2 Å². The number of halogens is 2. The van der Waals surface area contributed by atoms with Gasteiger partial charge >= 0.3 is 0 Å². The second-order valence-corrected chi connectivity index (χ2v) is 10.5. The highest BCUT2D eigenvalue weighted by Crippen LogP contribution is 2.34. The molecule has 2 N–H and O–H groups in total. The first kappa shape index (κ1) is 27.5. The van der Waals surface area contributed by atoms with Crippen LogP contribution in [0.3, 0.4) is 0 Å². The second kappa shape index (κ2) is 12.4. The Morgan fingerprint density at radius 2 is 1.68 bits per heavy atom. The summed E-state index contributed by atoms with van der Waals surface area (Å²) in [5.41, 5.74) is 2.95. The Bertz CT molecular complexity index is 1510. The van der Waals surface area contributed by atoms with E-state index < -0.39 is 6.04 Å². The van der Waals surface area contributed by atoms with Crippen LogP contribution >= 0.6 is 23.4 Å². The molecule has 2 heterocycles. The molecule has 0 fully saturated rings. The van der Waals surface area contributed by atoms with Gasteiger partial charge in [0.1, 0.15) is 17.7 Å². The normalized spacial score (nSPS) is 15.6. The Kier molecular flexibility index (Phi) is 8.57. The lowest BCUT2D eigenvalue weighted by Crippen LogP contribution is -2.41. The zero-order chi connectivity index (χ0) is 28.1. The minimum atomic E-state index is -0.752. The SMILES string of the molecule is O=C(CCC1N=C2c3ccccc3N=C(SCC(=O)NCc3ccccc3Cl)N2C1=O)NCc1ccc(F)cc1. The molecule has 2 aliphatic rings. The van der Waals surface area contributed by atoms with Gasteiger partial charge in [0.25, 0.3) is 5.91 Å². The number of hydrogen-bond acceptors (Lipinski definition) is 6. The fraction of sp³-hybridized carbons (Fsp3) is 0.207. The van der Waals surface area contributed by atoms with Gasteiger partial charge in [0.2, 0.25) is 11.8 Å². The topological polar surface area (TPSA) is 103 Å². The van der Waals surface area contributed by atoms with Crippen molar-refractivity contribution in [3.05, 3.63) is 100 Å². The number of hydrogen-bond donors (Lipinski definition) is 2. The highest BCUT2D eigenvalue weighted by atomic mass is 35.5. The van der Waals surface area contributed by atoms with E-state index in [9.17, 15) is 18.8 Å². The Morgan fingerprint density at radius 3 is 2.48 bits per heavy atom. The number of aliphatic imine (C=N–C) groups is 2. The van der Waals surface area contributed by atoms with E-state index in [1.807, 2.05) is 42.5 Å². The maximum atomic E-state index is 13.4. The van der Waals surface area contributed by atoms with Crippen LogP contribution < -0.4 is 10.6 Å². The van der Waals surface area contributed by atoms with E-state index in [4.69, 9.17) is 11.6 Å². The summed E-state index contributed by atoms with van der Waals surface area (Å²) < 4.78 is 13.1. The molecule has 40 heavy (non-hydrogen) atoms. The highest BCUT2D eigenvalue weighted by molar-refractivity contribution is 8.14. The van der Waals surface area contributed by atoms with E-state index in [1.165, 1.54) is 17.0 Å². The molecule has 8 nitrogen and oxygen atoms in total. The van der Waals surface area contributed by atoms with Crippen molar-refractivity contribution in [1.82, 2.24) is 15.5 Å². The molecular formula is C29H25ClFN5O3S. The number of para-hydroxylation sites is 1. The van der Waals surface area contributed by atoms with Crippen LogP contribution in [-0.2, 0) is 27.5 Å². The molecular weight excluding hydrogens is 553 g/mol. The van der Waals surface area contributed by atoms with Crippen molar-refractivity contribution < 1.29 is 18.8 Å². The standard InChI is InChI=1S/C29H25ClFN5O3S/c30-22-7-3-1-5-19(22)16-33-26(38)17-40-29-35-23-8-4-2-6-21(23)27-34-24(28(39)36(27)29)13-14-25(37)32-15-18-9-11-20(31)12-10-18/h1-12,24H,13-17H2,(H,32,37)(H,33,38). The quantitative estimate of drug-likeness (QED) is 0.388. The molecule has 5 rings (SSSR count). The molecule has 0 saturated carbocycles. The number of rotatable bonds is 9. The molecule has 1 unspecified atom stereocenters. The van der Waals surface area contributed by atoms with Crippen LogP contribution in [0.4, 0.5) is 10.1 Å². The van der Waals surface area contributed by atoms with Gasteiger partial charge in [-0.05, 0) is 47.9 Å². The Balaban J connectivity index is 1.21. The Labute approximate surface area is 239 Å². The van der Waals surface area contributed by atoms with Gasteiger partial charge < -0.3 is 10.6 Å². The van der Waals surface area contributed by atoms with Gasteiger partial charge in [-0.15, -0.1) is 0 Å². The summed E-state index contributed by atoms with van der Waals surface area (Å²) in [5.74, 6) is -0.596. The van der Waals surface area contributed by atoms with E-state index >= 15 is 0 Å². The molecule has 3 aromatic rings. The average Bonchev–Trinajstić information content (AvgIpc) is 3.30. The van der Waals surface area contributed by atoms with E-state index in [0.717, 1.165) is 22.9 Å². The van der Waals surface area contributed by atoms with Crippen LogP contribution in [0, 0.1) is 5.82 Å². The minimum absolute atomic E-state index is 0.0406. The van der Waals surface area contributed by atoms with E-state index in [0.29, 0.717) is 27.3 Å². The van der Waals surface area contributed by atoms with Crippen molar-refractivity contribution in [2.75, 3.05) is 5.75 Å². The van der Waals surface area contributed by atoms with Gasteiger partial charge in [0.05, 0.1) is 11.4 Å². The summed E-state index contributed by atoms with van der Waals surface area (Å²) in [6.07, 6.45) is 0.306. The predicted octanol–water partition coefficient (Wildman–Crippen LogP) is 4.58. The molecule has 0 radical (unpaired) electrons. The zero-order valence-corrected chi connectivity index (χ0v) is 22.8. The molecule has 2 aliphatic heterocycles. The monoisotopic (exact) mass is 577 g/mol. The number of carbonyl (C=O) groups excluding carboxylic acids is 3. The first-order valence-corrected chi connectivity index (χ1v) is 14.0. The lowest BCUT2D eigenvalue weighted by atomic mass is 10.1. The number of nitrogens with zero attached hydrogens (tertiary/aromatic N) is 3. The molecule has 3 amide bonds. The molecule has 0 aromatic heterocycles. The maximum Gasteiger partial charge on any atom is 0.259 e. The van der Waals surface area contributed by atoms with E-state index in [1.54, 1.807) is 18.2 Å². The van der Waals surface area contributed by atoms with Crippen molar-refractivity contribution in [2.24, 2.45) is 9.98 Å². The van der Waals surface area contributed by atoms with Gasteiger partial charge in [-0.2, -0.15) is 0 Å². The van der Waals surface area contributed by atoms with Gasteiger partial charge in [0, 0.05) is 30.1 Å². The number of thioether (sulfide) groups is 1. The van der Waals surface area contributed by atoms with Crippen molar-refractivity contribution in [1.29, 1.82) is 0 Å². The van der Waals surface area contributed by atoms with Gasteiger partial charge in [-0.1, -0.05) is 65.8 Å². The first-order chi connectivity index (χ1) is 19.4. The van der Waals surface area contributed by atoms with Crippen molar-refractivity contribution in [2.45, 2.75) is 32.0 Å². The highest BCUT2D eigenvalue weighted by Gasteiger charge is 2.41. The molecule has 11 heteroatoms. The lowest BCUT2D eigenvalue weighted by Gasteiger charge is -2.25. The van der Waals surface area contributed by atoms with Crippen LogP contribution in [0.2, 0.25) is 5.02 Å². The Morgan fingerprint density at radius 1 is 0.950 bits per heavy atom. The van der Waals surface area contributed by atoms with Crippen molar-refractivity contribution >= 4 is 57.8 Å². The number of amidine groups is 2. The third kappa shape index (κ3) is 6.40. The number of benzene rings is 3. The minimum Gasteiger partial charge on any atom is -0.352 e. The lowest BCUT2D eigenvalue weighted by molar-refractivity contribution is -0.125. The third-order valence-electron chi connectivity index (χ3n) is 6.36. The summed E-state index contributed by atoms with van der Waals surface area (Å²) in [5, 5.41) is 6.56. The fourth-order valence-corrected chi connectivity index (χ4v) is 5.30. The third-order valence-corrected chi connectivity index (χ3v) is 7.67. The fourth-order valence-electron chi connectivity index (χ4n) is 4.26. The molecule has 0 bridgehead atoms. The predicted molar refractivity (Wildman–Crippen MR) is 154 cm³/mol. The molecule has 1 atom stereocenters. The van der Waals surface area contributed by atoms with Gasteiger partial charge in [-0.3, -0.25) is 19.4 Å². The summed E-state index contributed by atoms with van der Waals surface area (Å²) >= 11 is 7.32. The number of fused-ring (bicyclic) bond motifs is 3. The zero-order valence-electron chi connectivity index (χ0n) is 21.3. The van der Waals surface area contributed by atoms with Crippen molar-refractivity contribution in [3.63, 3.8) is 0 Å². The second-order valence-electron chi connectivity index (χ2n) is 9.15. The molecule has 204 valence electrons. The van der Waals surface area contributed by atoms with Gasteiger partial charge in [-0.25, -0.2) is 14.3 Å². The summed E-state index contributed by atoms with van der Waals surface area (Å²) in [6, 6.07) is 19.8. The maximum absolute atomic E-state index is 13.4. The summed E-state index contributed by atoms with van der Waals surface area (Å²) in [6.45, 7) is 0.548. The summed E-state index contributed by atoms with van der Waals surface area (Å²) in [7, 11) is 0. The van der Waals surface area contributed by atoms with Crippen LogP contribution in [0.5, 0.6) is 0 Å². The van der Waals surface area contributed by atoms with Gasteiger partial charge in [0.15, 0.2) is 5.17 Å².